The van der Waals surface area contributed by atoms with Gasteiger partial charge >= 0.3 is 0 Å². The molecule has 1 heterocycles. The average molecular weight is 112 g/mol. The van der Waals surface area contributed by atoms with Crippen molar-refractivity contribution >= 4 is 6.21 Å². The summed E-state index contributed by atoms with van der Waals surface area (Å²) in [5, 5.41) is 14.2. The number of aliphatic hydroxyl groups is 1. The van der Waals surface area contributed by atoms with E-state index in [1.165, 1.54) is 5.01 Å². The maximum atomic E-state index is 8.90. The standard InChI is InChI=1S/C5H8N2O/c1-7-5(8)3-2-4-6-7/h2-5,8H,1H3. The molecular formula is C5H8N2O. The second-order valence-electron chi connectivity index (χ2n) is 1.64. The highest BCUT2D eigenvalue weighted by Gasteiger charge is 2.03. The summed E-state index contributed by atoms with van der Waals surface area (Å²) >= 11 is 0. The van der Waals surface area contributed by atoms with Gasteiger partial charge in [0.2, 0.25) is 0 Å². The minimum Gasteiger partial charge on any atom is -0.369 e. The van der Waals surface area contributed by atoms with E-state index < -0.39 is 6.23 Å². The fraction of sp³-hybridized carbons (Fsp3) is 0.400. The minimum atomic E-state index is -0.542. The van der Waals surface area contributed by atoms with Crippen LogP contribution in [0.15, 0.2) is 17.3 Å². The van der Waals surface area contributed by atoms with Gasteiger partial charge in [-0.15, -0.1) is 0 Å². The summed E-state index contributed by atoms with van der Waals surface area (Å²) in [6.07, 6.45) is 4.46. The highest BCUT2D eigenvalue weighted by molar-refractivity contribution is 5.71. The molecule has 44 valence electrons. The molecule has 0 saturated carbocycles. The maximum Gasteiger partial charge on any atom is 0.161 e. The van der Waals surface area contributed by atoms with Crippen molar-refractivity contribution in [3.63, 3.8) is 0 Å². The molecular weight excluding hydrogens is 104 g/mol. The molecule has 3 heteroatoms. The molecule has 1 N–H and O–H groups in total. The molecule has 1 rings (SSSR count). The Kier molecular flexibility index (Phi) is 1.30. The zero-order valence-electron chi connectivity index (χ0n) is 4.65. The summed E-state index contributed by atoms with van der Waals surface area (Å²) in [7, 11) is 1.71. The SMILES string of the molecule is CN1N=CC=CC1O. The van der Waals surface area contributed by atoms with Gasteiger partial charge in [-0.1, -0.05) is 0 Å². The molecule has 0 aromatic heterocycles. The number of hydrazone groups is 1. The van der Waals surface area contributed by atoms with Crippen LogP contribution >= 0.6 is 0 Å². The number of likely N-dealkylation sites (N-methyl/N-ethyl adjacent to an activating group) is 1. The van der Waals surface area contributed by atoms with Gasteiger partial charge in [0.1, 0.15) is 0 Å². The first-order valence-corrected chi connectivity index (χ1v) is 2.42. The first kappa shape index (κ1) is 5.31. The molecule has 0 fully saturated rings. The number of allylic oxidation sites excluding steroid dienone is 1. The van der Waals surface area contributed by atoms with E-state index in [9.17, 15) is 0 Å². The van der Waals surface area contributed by atoms with E-state index in [-0.39, 0.29) is 0 Å². The normalized spacial score (nSPS) is 26.8. The molecule has 0 spiro atoms. The minimum absolute atomic E-state index is 0.542. The van der Waals surface area contributed by atoms with Crippen molar-refractivity contribution in [2.45, 2.75) is 6.23 Å². The van der Waals surface area contributed by atoms with Crippen molar-refractivity contribution in [3.05, 3.63) is 12.2 Å². The predicted octanol–water partition coefficient (Wildman–Crippen LogP) is -0.208. The average Bonchev–Trinajstić information content (AvgIpc) is 1.77. The Labute approximate surface area is 47.9 Å². The number of aliphatic hydroxyl groups excluding tert-OH is 1. The van der Waals surface area contributed by atoms with Crippen LogP contribution in [0, 0.1) is 0 Å². The molecule has 8 heavy (non-hydrogen) atoms. The lowest BCUT2D eigenvalue weighted by atomic mass is 10.4. The highest BCUT2D eigenvalue weighted by Crippen LogP contribution is 1.97. The lowest BCUT2D eigenvalue weighted by Gasteiger charge is -2.18. The molecule has 3 nitrogen and oxygen atoms in total. The van der Waals surface area contributed by atoms with Gasteiger partial charge in [-0.05, 0) is 12.2 Å². The Morgan fingerprint density at radius 1 is 1.75 bits per heavy atom. The third-order valence-electron chi connectivity index (χ3n) is 1.00. The molecule has 1 atom stereocenters. The van der Waals surface area contributed by atoms with Gasteiger partial charge in [0.05, 0.1) is 0 Å². The number of rotatable bonds is 0. The Hall–Kier alpha value is -0.830. The van der Waals surface area contributed by atoms with Gasteiger partial charge in [0, 0.05) is 13.3 Å². The van der Waals surface area contributed by atoms with E-state index in [1.54, 1.807) is 25.4 Å². The van der Waals surface area contributed by atoms with Crippen molar-refractivity contribution in [1.82, 2.24) is 5.01 Å². The Bertz CT molecular complexity index is 114. The monoisotopic (exact) mass is 112 g/mol. The van der Waals surface area contributed by atoms with Crippen molar-refractivity contribution in [3.8, 4) is 0 Å². The second kappa shape index (κ2) is 1.96. The smallest absolute Gasteiger partial charge is 0.161 e. The molecule has 0 aliphatic carbocycles. The molecule has 0 aromatic carbocycles. The van der Waals surface area contributed by atoms with Crippen LogP contribution in [0.2, 0.25) is 0 Å². The Morgan fingerprint density at radius 2 is 2.50 bits per heavy atom. The van der Waals surface area contributed by atoms with Crippen LogP contribution in [0.3, 0.4) is 0 Å². The lowest BCUT2D eigenvalue weighted by Crippen LogP contribution is -2.26. The van der Waals surface area contributed by atoms with Crippen molar-refractivity contribution in [2.75, 3.05) is 7.05 Å². The van der Waals surface area contributed by atoms with E-state index in [0.29, 0.717) is 0 Å². The number of nitrogens with zero attached hydrogens (tertiary/aromatic N) is 2. The molecule has 0 amide bonds. The third kappa shape index (κ3) is 0.869. The van der Waals surface area contributed by atoms with Gasteiger partial charge in [-0.3, -0.25) is 5.01 Å². The number of hydrogen-bond acceptors (Lipinski definition) is 3. The summed E-state index contributed by atoms with van der Waals surface area (Å²) < 4.78 is 0. The van der Waals surface area contributed by atoms with Crippen LogP contribution in [0.1, 0.15) is 0 Å². The second-order valence-corrected chi connectivity index (χ2v) is 1.64. The summed E-state index contributed by atoms with van der Waals surface area (Å²) in [6.45, 7) is 0. The van der Waals surface area contributed by atoms with E-state index >= 15 is 0 Å². The molecule has 0 bridgehead atoms. The first-order chi connectivity index (χ1) is 3.80. The van der Waals surface area contributed by atoms with Crippen molar-refractivity contribution in [2.24, 2.45) is 5.10 Å². The highest BCUT2D eigenvalue weighted by atomic mass is 16.3. The van der Waals surface area contributed by atoms with E-state index in [2.05, 4.69) is 5.10 Å². The number of hydrogen-bond donors (Lipinski definition) is 1. The Morgan fingerprint density at radius 3 is 2.88 bits per heavy atom. The van der Waals surface area contributed by atoms with Crippen LogP contribution < -0.4 is 0 Å². The molecule has 1 unspecified atom stereocenters. The molecule has 0 radical (unpaired) electrons. The summed E-state index contributed by atoms with van der Waals surface area (Å²) in [6, 6.07) is 0. The van der Waals surface area contributed by atoms with E-state index in [1.807, 2.05) is 0 Å². The van der Waals surface area contributed by atoms with Crippen molar-refractivity contribution in [1.29, 1.82) is 0 Å². The topological polar surface area (TPSA) is 35.8 Å². The van der Waals surface area contributed by atoms with Gasteiger partial charge in [0.25, 0.3) is 0 Å². The largest absolute Gasteiger partial charge is 0.369 e. The van der Waals surface area contributed by atoms with Crippen LogP contribution in [-0.4, -0.2) is 29.6 Å². The summed E-state index contributed by atoms with van der Waals surface area (Å²) in [5.74, 6) is 0. The summed E-state index contributed by atoms with van der Waals surface area (Å²) in [4.78, 5) is 0. The van der Waals surface area contributed by atoms with E-state index in [0.717, 1.165) is 0 Å². The van der Waals surface area contributed by atoms with Gasteiger partial charge < -0.3 is 5.11 Å². The van der Waals surface area contributed by atoms with Crippen LogP contribution in [0.5, 0.6) is 0 Å². The fourth-order valence-electron chi connectivity index (χ4n) is 0.486. The van der Waals surface area contributed by atoms with Gasteiger partial charge in [0.15, 0.2) is 6.23 Å². The zero-order valence-corrected chi connectivity index (χ0v) is 4.65. The maximum absolute atomic E-state index is 8.90. The Balaban J connectivity index is 2.59. The third-order valence-corrected chi connectivity index (χ3v) is 1.00. The first-order valence-electron chi connectivity index (χ1n) is 2.42. The van der Waals surface area contributed by atoms with Gasteiger partial charge in [-0.2, -0.15) is 5.10 Å². The molecule has 1 aliphatic heterocycles. The van der Waals surface area contributed by atoms with Crippen LogP contribution in [0.4, 0.5) is 0 Å². The van der Waals surface area contributed by atoms with Crippen molar-refractivity contribution < 1.29 is 5.11 Å². The van der Waals surface area contributed by atoms with Crippen LogP contribution in [-0.2, 0) is 0 Å². The quantitative estimate of drug-likeness (QED) is 0.470. The van der Waals surface area contributed by atoms with Crippen LogP contribution in [0.25, 0.3) is 0 Å². The molecule has 0 aromatic rings. The molecule has 1 aliphatic rings. The van der Waals surface area contributed by atoms with Gasteiger partial charge in [-0.25, -0.2) is 0 Å². The zero-order chi connectivity index (χ0) is 5.98. The lowest BCUT2D eigenvalue weighted by molar-refractivity contribution is 0.0641. The fourth-order valence-corrected chi connectivity index (χ4v) is 0.486. The van der Waals surface area contributed by atoms with E-state index in [4.69, 9.17) is 5.11 Å². The molecule has 0 saturated heterocycles. The summed E-state index contributed by atoms with van der Waals surface area (Å²) in [5.41, 5.74) is 0. The predicted molar refractivity (Wildman–Crippen MR) is 31.4 cm³/mol.